The SMILES string of the molecule is Cc1cc(C(=O)N2Cc3ncn(C)c3C[C@H]2CN2CCCC2)c(C)o1. The molecule has 0 radical (unpaired) electrons. The number of hydrogen-bond acceptors (Lipinski definition) is 4. The number of nitrogens with zero attached hydrogens (tertiary/aromatic N) is 4. The van der Waals surface area contributed by atoms with Crippen molar-refractivity contribution in [3.8, 4) is 0 Å². The van der Waals surface area contributed by atoms with Gasteiger partial charge in [-0.3, -0.25) is 4.79 Å². The van der Waals surface area contributed by atoms with Crippen LogP contribution in [0.25, 0.3) is 0 Å². The largest absolute Gasteiger partial charge is 0.466 e. The fraction of sp³-hybridized carbons (Fsp3) is 0.579. The first-order valence-electron chi connectivity index (χ1n) is 9.12. The molecular formula is C19H26N4O2. The molecular weight excluding hydrogens is 316 g/mol. The minimum absolute atomic E-state index is 0.0647. The maximum absolute atomic E-state index is 13.2. The smallest absolute Gasteiger partial charge is 0.258 e. The lowest BCUT2D eigenvalue weighted by Gasteiger charge is -2.37. The van der Waals surface area contributed by atoms with E-state index in [2.05, 4.69) is 14.5 Å². The number of carbonyl (C=O) groups excluding carboxylic acids is 1. The van der Waals surface area contributed by atoms with Gasteiger partial charge in [-0.25, -0.2) is 4.98 Å². The normalized spacial score (nSPS) is 20.9. The lowest BCUT2D eigenvalue weighted by molar-refractivity contribution is 0.0585. The van der Waals surface area contributed by atoms with Crippen molar-refractivity contribution in [3.63, 3.8) is 0 Å². The third-order valence-corrected chi connectivity index (χ3v) is 5.54. The fourth-order valence-corrected chi connectivity index (χ4v) is 4.18. The highest BCUT2D eigenvalue weighted by Gasteiger charge is 2.35. The van der Waals surface area contributed by atoms with Gasteiger partial charge in [0.2, 0.25) is 0 Å². The highest BCUT2D eigenvalue weighted by Crippen LogP contribution is 2.27. The average molecular weight is 342 g/mol. The van der Waals surface area contributed by atoms with Crippen LogP contribution in [-0.4, -0.2) is 50.9 Å². The second-order valence-electron chi connectivity index (χ2n) is 7.37. The zero-order valence-electron chi connectivity index (χ0n) is 15.3. The molecule has 134 valence electrons. The summed E-state index contributed by atoms with van der Waals surface area (Å²) in [6.45, 7) is 7.55. The number of aryl methyl sites for hydroxylation is 3. The van der Waals surface area contributed by atoms with Gasteiger partial charge in [0.25, 0.3) is 5.91 Å². The number of likely N-dealkylation sites (tertiary alicyclic amines) is 1. The number of hydrogen-bond donors (Lipinski definition) is 0. The van der Waals surface area contributed by atoms with Gasteiger partial charge in [0, 0.05) is 25.7 Å². The molecule has 2 aromatic heterocycles. The first kappa shape index (κ1) is 16.4. The Morgan fingerprint density at radius 2 is 2.08 bits per heavy atom. The molecule has 0 spiro atoms. The van der Waals surface area contributed by atoms with Crippen molar-refractivity contribution in [1.29, 1.82) is 0 Å². The number of aromatic nitrogens is 2. The molecule has 25 heavy (non-hydrogen) atoms. The standard InChI is InChI=1S/C19H26N4O2/c1-13-8-16(14(2)25-13)19(24)23-11-17-18(21(3)12-20-17)9-15(23)10-22-6-4-5-7-22/h8,12,15H,4-7,9-11H2,1-3H3/t15-/m0/s1. The lowest BCUT2D eigenvalue weighted by Crippen LogP contribution is -2.50. The van der Waals surface area contributed by atoms with E-state index < -0.39 is 0 Å². The number of carbonyl (C=O) groups is 1. The molecule has 4 heterocycles. The Hall–Kier alpha value is -2.08. The first-order valence-corrected chi connectivity index (χ1v) is 9.12. The maximum Gasteiger partial charge on any atom is 0.258 e. The second-order valence-corrected chi connectivity index (χ2v) is 7.37. The van der Waals surface area contributed by atoms with Gasteiger partial charge in [0.1, 0.15) is 11.5 Å². The van der Waals surface area contributed by atoms with Crippen LogP contribution in [0.4, 0.5) is 0 Å². The summed E-state index contributed by atoms with van der Waals surface area (Å²) in [5, 5.41) is 0. The average Bonchev–Trinajstić information content (AvgIpc) is 3.29. The highest BCUT2D eigenvalue weighted by atomic mass is 16.3. The summed E-state index contributed by atoms with van der Waals surface area (Å²) in [6.07, 6.45) is 5.25. The van der Waals surface area contributed by atoms with Crippen molar-refractivity contribution < 1.29 is 9.21 Å². The molecule has 0 aromatic carbocycles. The van der Waals surface area contributed by atoms with E-state index in [1.54, 1.807) is 0 Å². The lowest BCUT2D eigenvalue weighted by atomic mass is 10.0. The molecule has 1 amide bonds. The molecule has 2 aliphatic rings. The molecule has 0 aliphatic carbocycles. The predicted octanol–water partition coefficient (Wildman–Crippen LogP) is 2.29. The van der Waals surface area contributed by atoms with Gasteiger partial charge in [-0.15, -0.1) is 0 Å². The van der Waals surface area contributed by atoms with Crippen LogP contribution in [0.2, 0.25) is 0 Å². The van der Waals surface area contributed by atoms with Gasteiger partial charge in [-0.1, -0.05) is 0 Å². The van der Waals surface area contributed by atoms with E-state index in [0.717, 1.165) is 37.5 Å². The van der Waals surface area contributed by atoms with Crippen molar-refractivity contribution in [3.05, 3.63) is 40.9 Å². The summed E-state index contributed by atoms with van der Waals surface area (Å²) >= 11 is 0. The molecule has 1 saturated heterocycles. The molecule has 1 fully saturated rings. The van der Waals surface area contributed by atoms with E-state index in [0.29, 0.717) is 17.9 Å². The molecule has 0 N–H and O–H groups in total. The molecule has 2 aliphatic heterocycles. The van der Waals surface area contributed by atoms with Gasteiger partial charge in [-0.05, 0) is 45.8 Å². The second kappa shape index (κ2) is 6.33. The van der Waals surface area contributed by atoms with Crippen molar-refractivity contribution >= 4 is 5.91 Å². The van der Waals surface area contributed by atoms with E-state index in [4.69, 9.17) is 4.42 Å². The quantitative estimate of drug-likeness (QED) is 0.859. The molecule has 0 bridgehead atoms. The minimum atomic E-state index is 0.0647. The van der Waals surface area contributed by atoms with Crippen molar-refractivity contribution in [2.45, 2.75) is 45.7 Å². The zero-order chi connectivity index (χ0) is 17.6. The summed E-state index contributed by atoms with van der Waals surface area (Å²) in [7, 11) is 2.04. The van der Waals surface area contributed by atoms with Crippen LogP contribution in [0.15, 0.2) is 16.8 Å². The monoisotopic (exact) mass is 342 g/mol. The molecule has 1 atom stereocenters. The number of fused-ring (bicyclic) bond motifs is 1. The van der Waals surface area contributed by atoms with Crippen molar-refractivity contribution in [2.24, 2.45) is 7.05 Å². The van der Waals surface area contributed by atoms with Gasteiger partial charge in [0.15, 0.2) is 0 Å². The number of rotatable bonds is 3. The Labute approximate surface area is 148 Å². The Morgan fingerprint density at radius 3 is 2.76 bits per heavy atom. The predicted molar refractivity (Wildman–Crippen MR) is 94.4 cm³/mol. The number of furan rings is 1. The van der Waals surface area contributed by atoms with Crippen LogP contribution >= 0.6 is 0 Å². The van der Waals surface area contributed by atoms with E-state index in [1.807, 2.05) is 38.2 Å². The zero-order valence-corrected chi connectivity index (χ0v) is 15.3. The van der Waals surface area contributed by atoms with Crippen LogP contribution in [0.1, 0.15) is 46.1 Å². The van der Waals surface area contributed by atoms with Gasteiger partial charge in [-0.2, -0.15) is 0 Å². The summed E-state index contributed by atoms with van der Waals surface area (Å²) in [5.74, 6) is 1.55. The Kier molecular flexibility index (Phi) is 4.15. The Morgan fingerprint density at radius 1 is 1.32 bits per heavy atom. The van der Waals surface area contributed by atoms with Crippen LogP contribution in [0.5, 0.6) is 0 Å². The summed E-state index contributed by atoms with van der Waals surface area (Å²) in [5.41, 5.74) is 2.96. The molecule has 6 heteroatoms. The molecule has 0 saturated carbocycles. The van der Waals surface area contributed by atoms with Crippen LogP contribution in [-0.2, 0) is 20.0 Å². The maximum atomic E-state index is 13.2. The topological polar surface area (TPSA) is 54.5 Å². The first-order chi connectivity index (χ1) is 12.0. The molecule has 0 unspecified atom stereocenters. The number of amides is 1. The van der Waals surface area contributed by atoms with Crippen molar-refractivity contribution in [2.75, 3.05) is 19.6 Å². The van der Waals surface area contributed by atoms with Crippen LogP contribution in [0.3, 0.4) is 0 Å². The Balaban J connectivity index is 1.64. The highest BCUT2D eigenvalue weighted by molar-refractivity contribution is 5.95. The van der Waals surface area contributed by atoms with E-state index in [-0.39, 0.29) is 11.9 Å². The third-order valence-electron chi connectivity index (χ3n) is 5.54. The van der Waals surface area contributed by atoms with Gasteiger partial charge >= 0.3 is 0 Å². The van der Waals surface area contributed by atoms with Gasteiger partial charge in [0.05, 0.1) is 30.2 Å². The van der Waals surface area contributed by atoms with Crippen molar-refractivity contribution in [1.82, 2.24) is 19.4 Å². The van der Waals surface area contributed by atoms with Crippen LogP contribution in [0, 0.1) is 13.8 Å². The fourth-order valence-electron chi connectivity index (χ4n) is 4.18. The molecule has 4 rings (SSSR count). The summed E-state index contributed by atoms with van der Waals surface area (Å²) in [6, 6.07) is 2.04. The van der Waals surface area contributed by atoms with E-state index >= 15 is 0 Å². The van der Waals surface area contributed by atoms with Crippen LogP contribution < -0.4 is 0 Å². The molecule has 6 nitrogen and oxygen atoms in total. The Bertz CT molecular complexity index is 785. The summed E-state index contributed by atoms with van der Waals surface area (Å²) in [4.78, 5) is 22.2. The summed E-state index contributed by atoms with van der Waals surface area (Å²) < 4.78 is 7.69. The van der Waals surface area contributed by atoms with E-state index in [1.165, 1.54) is 18.5 Å². The van der Waals surface area contributed by atoms with E-state index in [9.17, 15) is 4.79 Å². The third kappa shape index (κ3) is 2.99. The number of imidazole rings is 1. The van der Waals surface area contributed by atoms with Gasteiger partial charge < -0.3 is 18.8 Å². The minimum Gasteiger partial charge on any atom is -0.466 e. The molecule has 2 aromatic rings.